The number of aliphatic carboxylic acids is 1. The Labute approximate surface area is 155 Å². The minimum absolute atomic E-state index is 0.250. The van der Waals surface area contributed by atoms with E-state index >= 15 is 0 Å². The number of benzene rings is 1. The highest BCUT2D eigenvalue weighted by molar-refractivity contribution is 9.10. The fourth-order valence-electron chi connectivity index (χ4n) is 2.24. The summed E-state index contributed by atoms with van der Waals surface area (Å²) >= 11 is 7.69. The number of carbonyl (C=O) groups excluding carboxylic acids is 1. The van der Waals surface area contributed by atoms with Gasteiger partial charge in [0.05, 0.1) is 10.9 Å². The molecule has 140 valence electrons. The lowest BCUT2D eigenvalue weighted by molar-refractivity contribution is -0.317. The monoisotopic (exact) mass is 463 g/mol. The van der Waals surface area contributed by atoms with Crippen molar-refractivity contribution < 1.29 is 35.7 Å². The molecule has 0 saturated heterocycles. The van der Waals surface area contributed by atoms with E-state index in [0.29, 0.717) is 5.56 Å². The highest BCUT2D eigenvalue weighted by Gasteiger charge is 2.69. The van der Waals surface area contributed by atoms with E-state index in [-0.39, 0.29) is 12.8 Å². The molecule has 0 N–H and O–H groups in total. The van der Waals surface area contributed by atoms with E-state index in [2.05, 4.69) is 15.9 Å². The average molecular weight is 465 g/mol. The summed E-state index contributed by atoms with van der Waals surface area (Å²) in [7, 11) is -4.70. The summed E-state index contributed by atoms with van der Waals surface area (Å²) in [5.41, 5.74) is -1.44. The number of hydrogen-bond donors (Lipinski definition) is 0. The number of aryl methyl sites for hydroxylation is 1. The van der Waals surface area contributed by atoms with Gasteiger partial charge >= 0.3 is 6.18 Å². The average Bonchev–Trinajstić information content (AvgIpc) is 3.25. The summed E-state index contributed by atoms with van der Waals surface area (Å²) in [6, 6.07) is 5.11. The van der Waals surface area contributed by atoms with Gasteiger partial charge in [0.2, 0.25) is 3.78 Å². The van der Waals surface area contributed by atoms with Gasteiger partial charge in [-0.25, -0.2) is 0 Å². The van der Waals surface area contributed by atoms with Crippen LogP contribution >= 0.6 is 27.5 Å². The van der Waals surface area contributed by atoms with E-state index < -0.39 is 42.5 Å². The maximum Gasteiger partial charge on any atom is 0.420 e. The Balaban J connectivity index is 2.47. The van der Waals surface area contributed by atoms with Crippen LogP contribution in [0.2, 0.25) is 0 Å². The molecule has 0 aliphatic heterocycles. The fourth-order valence-corrected chi connectivity index (χ4v) is 4.37. The van der Waals surface area contributed by atoms with E-state index in [4.69, 9.17) is 15.8 Å². The van der Waals surface area contributed by atoms with Crippen molar-refractivity contribution in [2.75, 3.05) is 0 Å². The molecule has 1 fully saturated rings. The minimum Gasteiger partial charge on any atom is -0.549 e. The molecule has 5 nitrogen and oxygen atoms in total. The zero-order chi connectivity index (χ0) is 19.3. The minimum atomic E-state index is -5.19. The van der Waals surface area contributed by atoms with Crippen LogP contribution in [0.15, 0.2) is 29.2 Å². The van der Waals surface area contributed by atoms with Gasteiger partial charge in [-0.3, -0.25) is 4.18 Å². The molecular weight excluding hydrogens is 453 g/mol. The number of carboxylic acids is 1. The highest BCUT2D eigenvalue weighted by Crippen LogP contribution is 2.59. The molecule has 1 aliphatic carbocycles. The molecule has 0 radical (unpaired) electrons. The quantitative estimate of drug-likeness (QED) is 0.477. The first-order valence-electron chi connectivity index (χ1n) is 6.90. The topological polar surface area (TPSA) is 83.5 Å². The van der Waals surface area contributed by atoms with Crippen molar-refractivity contribution in [3.8, 4) is 0 Å². The SMILES string of the molecule is Cc1ccc(S(=O)(=O)OC(C2(C(=O)[O-])CC2)C(Cl)(Br)C(F)(F)F)cc1. The van der Waals surface area contributed by atoms with E-state index in [0.717, 1.165) is 12.1 Å². The third-order valence-electron chi connectivity index (χ3n) is 3.94. The Hall–Kier alpha value is -0.840. The van der Waals surface area contributed by atoms with Crippen LogP contribution in [0.25, 0.3) is 0 Å². The third kappa shape index (κ3) is 3.81. The summed E-state index contributed by atoms with van der Waals surface area (Å²) in [5, 5.41) is 11.3. The van der Waals surface area contributed by atoms with Gasteiger partial charge in [-0.1, -0.05) is 45.2 Å². The Bertz CT molecular complexity index is 773. The molecule has 0 amide bonds. The van der Waals surface area contributed by atoms with Crippen LogP contribution < -0.4 is 5.11 Å². The lowest BCUT2D eigenvalue weighted by Gasteiger charge is -2.37. The van der Waals surface area contributed by atoms with Crippen LogP contribution in [0.4, 0.5) is 13.2 Å². The maximum absolute atomic E-state index is 13.3. The largest absolute Gasteiger partial charge is 0.549 e. The van der Waals surface area contributed by atoms with Gasteiger partial charge in [0.25, 0.3) is 10.1 Å². The van der Waals surface area contributed by atoms with Gasteiger partial charge in [-0.2, -0.15) is 21.6 Å². The van der Waals surface area contributed by atoms with Crippen LogP contribution in [-0.2, 0) is 19.1 Å². The number of halogens is 5. The van der Waals surface area contributed by atoms with Gasteiger partial charge in [0, 0.05) is 5.41 Å². The lowest BCUT2D eigenvalue weighted by atomic mass is 9.96. The van der Waals surface area contributed by atoms with Crippen molar-refractivity contribution in [1.29, 1.82) is 0 Å². The van der Waals surface area contributed by atoms with Crippen molar-refractivity contribution >= 4 is 43.6 Å². The number of alkyl halides is 5. The molecule has 1 aromatic rings. The third-order valence-corrected chi connectivity index (χ3v) is 6.51. The number of carbonyl (C=O) groups is 1. The van der Waals surface area contributed by atoms with Gasteiger partial charge in [-0.05, 0) is 31.9 Å². The lowest BCUT2D eigenvalue weighted by Crippen LogP contribution is -2.55. The summed E-state index contributed by atoms with van der Waals surface area (Å²) < 4.78 is 65.8. The smallest absolute Gasteiger partial charge is 0.420 e. The van der Waals surface area contributed by atoms with Crippen LogP contribution in [-0.4, -0.2) is 30.5 Å². The zero-order valence-electron chi connectivity index (χ0n) is 12.6. The maximum atomic E-state index is 13.3. The second-order valence-electron chi connectivity index (χ2n) is 5.81. The molecular formula is C14H12BrClF3O5S-. The number of rotatable bonds is 6. The predicted octanol–water partition coefficient (Wildman–Crippen LogP) is 2.49. The van der Waals surface area contributed by atoms with Gasteiger partial charge < -0.3 is 9.90 Å². The molecule has 0 aromatic heterocycles. The van der Waals surface area contributed by atoms with Crippen molar-refractivity contribution in [1.82, 2.24) is 0 Å². The standard InChI is InChI=1S/C14H13BrClF3O5S/c1-8-2-4-9(5-3-8)25(22,23)24-10(12(6-7-12)11(20)21)13(15,16)14(17,18)19/h2-5,10H,6-7H2,1H3,(H,20,21)/p-1. The Morgan fingerprint density at radius 2 is 1.80 bits per heavy atom. The molecule has 0 heterocycles. The normalized spacial score (nSPS) is 20.6. The first-order valence-corrected chi connectivity index (χ1v) is 9.48. The second-order valence-corrected chi connectivity index (χ2v) is 9.68. The van der Waals surface area contributed by atoms with E-state index in [1.807, 2.05) is 0 Å². The van der Waals surface area contributed by atoms with Crippen molar-refractivity contribution in [2.24, 2.45) is 5.41 Å². The molecule has 2 rings (SSSR count). The molecule has 1 aromatic carbocycles. The molecule has 1 aliphatic rings. The van der Waals surface area contributed by atoms with Crippen LogP contribution in [0.1, 0.15) is 18.4 Å². The molecule has 2 atom stereocenters. The van der Waals surface area contributed by atoms with Crippen molar-refractivity contribution in [3.05, 3.63) is 29.8 Å². The van der Waals surface area contributed by atoms with Crippen molar-refractivity contribution in [2.45, 2.75) is 40.7 Å². The van der Waals surface area contributed by atoms with Gasteiger partial charge in [-0.15, -0.1) is 0 Å². The summed E-state index contributed by atoms with van der Waals surface area (Å²) in [4.78, 5) is 10.9. The summed E-state index contributed by atoms with van der Waals surface area (Å²) in [6.07, 6.45) is -8.13. The Morgan fingerprint density at radius 1 is 1.32 bits per heavy atom. The van der Waals surface area contributed by atoms with Gasteiger partial charge in [0.15, 0.2) is 0 Å². The fraction of sp³-hybridized carbons (Fsp3) is 0.500. The zero-order valence-corrected chi connectivity index (χ0v) is 15.8. The predicted molar refractivity (Wildman–Crippen MR) is 83.5 cm³/mol. The number of hydrogen-bond acceptors (Lipinski definition) is 5. The molecule has 0 bridgehead atoms. The Kier molecular flexibility index (Phi) is 5.24. The second kappa shape index (κ2) is 6.40. The van der Waals surface area contributed by atoms with Crippen LogP contribution in [0, 0.1) is 12.3 Å². The number of carboxylic acid groups (broad SMARTS) is 1. The Morgan fingerprint density at radius 3 is 2.16 bits per heavy atom. The van der Waals surface area contributed by atoms with Crippen LogP contribution in [0.5, 0.6) is 0 Å². The van der Waals surface area contributed by atoms with Crippen LogP contribution in [0.3, 0.4) is 0 Å². The van der Waals surface area contributed by atoms with E-state index in [1.165, 1.54) is 12.1 Å². The summed E-state index contributed by atoms with van der Waals surface area (Å²) in [6.45, 7) is 1.68. The highest BCUT2D eigenvalue weighted by atomic mass is 79.9. The molecule has 11 heteroatoms. The first kappa shape index (κ1) is 20.5. The molecule has 2 unspecified atom stereocenters. The molecule has 0 spiro atoms. The summed E-state index contributed by atoms with van der Waals surface area (Å²) in [5.74, 6) is -1.86. The van der Waals surface area contributed by atoms with E-state index in [9.17, 15) is 31.5 Å². The molecule has 25 heavy (non-hydrogen) atoms. The molecule has 1 saturated carbocycles. The van der Waals surface area contributed by atoms with Crippen molar-refractivity contribution in [3.63, 3.8) is 0 Å². The van der Waals surface area contributed by atoms with Gasteiger partial charge in [0.1, 0.15) is 6.10 Å². The first-order chi connectivity index (χ1) is 11.2. The van der Waals surface area contributed by atoms with E-state index in [1.54, 1.807) is 6.92 Å².